The molecule has 2 atom stereocenters. The van der Waals surface area contributed by atoms with Crippen LogP contribution in [0.3, 0.4) is 0 Å². The second-order valence-corrected chi connectivity index (χ2v) is 27.0. The molecule has 0 saturated heterocycles. The van der Waals surface area contributed by atoms with Crippen LogP contribution in [0.2, 0.25) is 0 Å². The van der Waals surface area contributed by atoms with Crippen molar-refractivity contribution in [1.29, 1.82) is 0 Å². The predicted molar refractivity (Wildman–Crippen MR) is 379 cm³/mol. The molecular weight excluding hydrogens is 1050 g/mol. The number of unbranched alkanes of at least 4 members (excludes halogenated alkanes) is 57. The first-order valence-corrected chi connectivity index (χ1v) is 39.2. The van der Waals surface area contributed by atoms with Gasteiger partial charge in [-0.2, -0.15) is 0 Å². The number of hydrogen-bond acceptors (Lipinski definition) is 5. The predicted octanol–water partition coefficient (Wildman–Crippen LogP) is 25.8. The number of amides is 1. The minimum Gasteiger partial charge on any atom is -0.466 e. The zero-order chi connectivity index (χ0) is 62.0. The molecule has 0 radical (unpaired) electrons. The molecule has 0 rings (SSSR count). The van der Waals surface area contributed by atoms with Crippen LogP contribution < -0.4 is 5.32 Å². The Kier molecular flexibility index (Phi) is 73.9. The van der Waals surface area contributed by atoms with Gasteiger partial charge in [-0.05, 0) is 77.0 Å². The van der Waals surface area contributed by atoms with E-state index in [1.54, 1.807) is 0 Å². The smallest absolute Gasteiger partial charge is 0.305 e. The minimum atomic E-state index is -0.663. The molecule has 0 aliphatic carbocycles. The van der Waals surface area contributed by atoms with Gasteiger partial charge in [0.2, 0.25) is 5.91 Å². The van der Waals surface area contributed by atoms with Gasteiger partial charge in [-0.1, -0.05) is 384 Å². The highest BCUT2D eigenvalue weighted by atomic mass is 16.5. The topological polar surface area (TPSA) is 95.9 Å². The van der Waals surface area contributed by atoms with Crippen molar-refractivity contribution in [2.45, 2.75) is 450 Å². The van der Waals surface area contributed by atoms with Crippen molar-refractivity contribution in [2.24, 2.45) is 0 Å². The molecule has 0 fully saturated rings. The van der Waals surface area contributed by atoms with Gasteiger partial charge >= 0.3 is 5.97 Å². The summed E-state index contributed by atoms with van der Waals surface area (Å²) >= 11 is 0. The third-order valence-electron chi connectivity index (χ3n) is 18.4. The van der Waals surface area contributed by atoms with Crippen LogP contribution in [-0.4, -0.2) is 47.4 Å². The lowest BCUT2D eigenvalue weighted by atomic mass is 10.0. The van der Waals surface area contributed by atoms with Crippen molar-refractivity contribution >= 4 is 11.9 Å². The fourth-order valence-electron chi connectivity index (χ4n) is 12.4. The maximum atomic E-state index is 12.6. The SMILES string of the molecule is CCCC/C=C\C/C=C\CCCCCCCC(=O)OCCCCCCCCCCCCCCCC/C=C\CCCCCCCCCCCCCCCCCCCC(=O)NC(CO)C(O)CCCCCCCCCCCCCCCCCCCCCC. The highest BCUT2D eigenvalue weighted by Crippen LogP contribution is 2.20. The van der Waals surface area contributed by atoms with Gasteiger partial charge in [-0.3, -0.25) is 9.59 Å². The average molecular weight is 1210 g/mol. The van der Waals surface area contributed by atoms with Crippen LogP contribution >= 0.6 is 0 Å². The Morgan fingerprint density at radius 2 is 0.593 bits per heavy atom. The van der Waals surface area contributed by atoms with E-state index < -0.39 is 12.1 Å². The van der Waals surface area contributed by atoms with Crippen molar-refractivity contribution in [2.75, 3.05) is 13.2 Å². The average Bonchev–Trinajstić information content (AvgIpc) is 3.54. The second kappa shape index (κ2) is 75.5. The molecule has 6 nitrogen and oxygen atoms in total. The van der Waals surface area contributed by atoms with E-state index in [9.17, 15) is 19.8 Å². The Labute approximate surface area is 538 Å². The summed E-state index contributed by atoms with van der Waals surface area (Å²) < 4.78 is 5.49. The summed E-state index contributed by atoms with van der Waals surface area (Å²) in [7, 11) is 0. The Balaban J connectivity index is 3.35. The number of allylic oxidation sites excluding steroid dienone is 6. The summed E-state index contributed by atoms with van der Waals surface area (Å²) in [6, 6.07) is -0.540. The van der Waals surface area contributed by atoms with Gasteiger partial charge in [-0.15, -0.1) is 0 Å². The quantitative estimate of drug-likeness (QED) is 0.0320. The molecule has 0 aliphatic rings. The zero-order valence-corrected chi connectivity index (χ0v) is 58.3. The molecule has 0 heterocycles. The number of aliphatic hydroxyl groups is 2. The summed E-state index contributed by atoms with van der Waals surface area (Å²) in [6.45, 7) is 4.95. The summed E-state index contributed by atoms with van der Waals surface area (Å²) in [5.41, 5.74) is 0. The highest BCUT2D eigenvalue weighted by molar-refractivity contribution is 5.76. The number of hydrogen-bond donors (Lipinski definition) is 3. The molecule has 0 spiro atoms. The lowest BCUT2D eigenvalue weighted by molar-refractivity contribution is -0.143. The molecule has 0 bridgehead atoms. The number of rotatable bonds is 74. The van der Waals surface area contributed by atoms with Gasteiger partial charge in [-0.25, -0.2) is 0 Å². The van der Waals surface area contributed by atoms with Gasteiger partial charge in [0.05, 0.1) is 25.4 Å². The highest BCUT2D eigenvalue weighted by Gasteiger charge is 2.20. The lowest BCUT2D eigenvalue weighted by Crippen LogP contribution is -2.45. The van der Waals surface area contributed by atoms with Gasteiger partial charge < -0.3 is 20.3 Å². The van der Waals surface area contributed by atoms with Crippen LogP contribution in [0.25, 0.3) is 0 Å². The Bertz CT molecular complexity index is 1390. The Morgan fingerprint density at radius 1 is 0.326 bits per heavy atom. The van der Waals surface area contributed by atoms with Crippen molar-refractivity contribution in [3.63, 3.8) is 0 Å². The van der Waals surface area contributed by atoms with Gasteiger partial charge in [0.15, 0.2) is 0 Å². The van der Waals surface area contributed by atoms with Gasteiger partial charge in [0.1, 0.15) is 0 Å². The first-order chi connectivity index (χ1) is 42.5. The van der Waals surface area contributed by atoms with Crippen LogP contribution in [0.4, 0.5) is 0 Å². The van der Waals surface area contributed by atoms with E-state index in [0.717, 1.165) is 51.4 Å². The Hall–Kier alpha value is -1.92. The standard InChI is InChI=1S/C80H153NO5/c1-3-5-7-9-11-13-15-17-19-20-21-39-42-45-48-52-56-60-64-68-72-78(83)77(76-82)81-79(84)73-69-65-61-57-53-49-46-43-40-37-35-33-31-29-27-25-23-22-24-26-28-30-32-34-36-38-41-44-47-51-55-59-63-67-71-75-86-80(85)74-70-66-62-58-54-50-18-16-14-12-10-8-6-4-2/h10,12,16,18,24,26,77-78,82-83H,3-9,11,13-15,17,19-23,25,27-76H2,1-2H3,(H,81,84)/b12-10-,18-16-,26-24-. The maximum Gasteiger partial charge on any atom is 0.305 e. The van der Waals surface area contributed by atoms with E-state index in [1.165, 1.54) is 353 Å². The van der Waals surface area contributed by atoms with E-state index in [1.807, 2.05) is 0 Å². The molecular formula is C80H153NO5. The minimum absolute atomic E-state index is 0.00608. The van der Waals surface area contributed by atoms with Gasteiger partial charge in [0, 0.05) is 12.8 Å². The van der Waals surface area contributed by atoms with E-state index in [-0.39, 0.29) is 18.5 Å². The number of nitrogens with one attached hydrogen (secondary N) is 1. The molecule has 86 heavy (non-hydrogen) atoms. The third kappa shape index (κ3) is 71.2. The first-order valence-electron chi connectivity index (χ1n) is 39.2. The lowest BCUT2D eigenvalue weighted by Gasteiger charge is -2.22. The number of esters is 1. The van der Waals surface area contributed by atoms with E-state index in [4.69, 9.17) is 4.74 Å². The largest absolute Gasteiger partial charge is 0.466 e. The maximum absolute atomic E-state index is 12.6. The summed E-state index contributed by atoms with van der Waals surface area (Å²) in [4.78, 5) is 24.6. The first kappa shape index (κ1) is 84.1. The molecule has 0 saturated carbocycles. The van der Waals surface area contributed by atoms with Crippen molar-refractivity contribution < 1.29 is 24.5 Å². The molecule has 0 aromatic heterocycles. The van der Waals surface area contributed by atoms with E-state index in [0.29, 0.717) is 25.9 Å². The van der Waals surface area contributed by atoms with Gasteiger partial charge in [0.25, 0.3) is 0 Å². The van der Waals surface area contributed by atoms with Crippen molar-refractivity contribution in [1.82, 2.24) is 5.32 Å². The van der Waals surface area contributed by atoms with Crippen LogP contribution in [0.1, 0.15) is 438 Å². The van der Waals surface area contributed by atoms with E-state index >= 15 is 0 Å². The van der Waals surface area contributed by atoms with Crippen LogP contribution in [-0.2, 0) is 14.3 Å². The Morgan fingerprint density at radius 3 is 0.930 bits per heavy atom. The molecule has 3 N–H and O–H groups in total. The van der Waals surface area contributed by atoms with Crippen LogP contribution in [0.15, 0.2) is 36.5 Å². The number of ether oxygens (including phenoxy) is 1. The molecule has 0 aromatic carbocycles. The fraction of sp³-hybridized carbons (Fsp3) is 0.900. The monoisotopic (exact) mass is 1210 g/mol. The fourth-order valence-corrected chi connectivity index (χ4v) is 12.4. The third-order valence-corrected chi connectivity index (χ3v) is 18.4. The molecule has 6 heteroatoms. The summed E-state index contributed by atoms with van der Waals surface area (Å²) in [6.07, 6.45) is 98.1. The molecule has 1 amide bonds. The van der Waals surface area contributed by atoms with Crippen LogP contribution in [0, 0.1) is 0 Å². The summed E-state index contributed by atoms with van der Waals surface area (Å²) in [5, 5.41) is 23.4. The normalized spacial score (nSPS) is 12.7. The zero-order valence-electron chi connectivity index (χ0n) is 58.3. The molecule has 0 aliphatic heterocycles. The second-order valence-electron chi connectivity index (χ2n) is 27.0. The van der Waals surface area contributed by atoms with Crippen molar-refractivity contribution in [3.05, 3.63) is 36.5 Å². The number of aliphatic hydroxyl groups excluding tert-OH is 2. The molecule has 2 unspecified atom stereocenters. The number of carbonyl (C=O) groups is 2. The van der Waals surface area contributed by atoms with Crippen LogP contribution in [0.5, 0.6) is 0 Å². The van der Waals surface area contributed by atoms with Crippen molar-refractivity contribution in [3.8, 4) is 0 Å². The molecule has 508 valence electrons. The molecule has 0 aromatic rings. The van der Waals surface area contributed by atoms with E-state index in [2.05, 4.69) is 55.6 Å². The number of carbonyl (C=O) groups excluding carboxylic acids is 2. The summed E-state index contributed by atoms with van der Waals surface area (Å²) in [5.74, 6) is -0.0206.